The van der Waals surface area contributed by atoms with Gasteiger partial charge < -0.3 is 14.2 Å². The predicted octanol–water partition coefficient (Wildman–Crippen LogP) is 4.18. The molecule has 1 atom stereocenters. The third-order valence-corrected chi connectivity index (χ3v) is 3.71. The van der Waals surface area contributed by atoms with E-state index in [1.807, 2.05) is 0 Å². The number of alkyl halides is 1. The van der Waals surface area contributed by atoms with E-state index in [4.69, 9.17) is 14.2 Å². The van der Waals surface area contributed by atoms with Crippen LogP contribution in [0.1, 0.15) is 52.4 Å². The Morgan fingerprint density at radius 2 is 1.21 bits per heavy atom. The van der Waals surface area contributed by atoms with Crippen LogP contribution in [-0.2, 0) is 14.2 Å². The zero-order valence-corrected chi connectivity index (χ0v) is 14.3. The molecule has 116 valence electrons. The summed E-state index contributed by atoms with van der Waals surface area (Å²) in [5.41, 5.74) is 0. The molecule has 0 radical (unpaired) electrons. The number of rotatable bonds is 15. The van der Waals surface area contributed by atoms with Crippen molar-refractivity contribution in [3.05, 3.63) is 0 Å². The Labute approximate surface area is 127 Å². The van der Waals surface area contributed by atoms with Crippen molar-refractivity contribution in [1.29, 1.82) is 0 Å². The van der Waals surface area contributed by atoms with Crippen molar-refractivity contribution in [3.63, 3.8) is 0 Å². The summed E-state index contributed by atoms with van der Waals surface area (Å²) in [7, 11) is 0. The quantitative estimate of drug-likeness (QED) is 0.331. The Morgan fingerprint density at radius 1 is 0.684 bits per heavy atom. The molecule has 1 unspecified atom stereocenters. The molecule has 0 aromatic carbocycles. The van der Waals surface area contributed by atoms with Crippen LogP contribution in [0, 0.1) is 0 Å². The van der Waals surface area contributed by atoms with Gasteiger partial charge in [0.05, 0.1) is 26.4 Å². The molecule has 0 heterocycles. The van der Waals surface area contributed by atoms with Crippen molar-refractivity contribution < 1.29 is 14.2 Å². The lowest BCUT2D eigenvalue weighted by Gasteiger charge is -2.09. The first-order valence-electron chi connectivity index (χ1n) is 7.68. The summed E-state index contributed by atoms with van der Waals surface area (Å²) in [6.07, 6.45) is 7.13. The van der Waals surface area contributed by atoms with E-state index < -0.39 is 0 Å². The molecule has 0 saturated heterocycles. The fourth-order valence-electron chi connectivity index (χ4n) is 1.65. The molecule has 4 heteroatoms. The van der Waals surface area contributed by atoms with Gasteiger partial charge in [-0.05, 0) is 25.7 Å². The van der Waals surface area contributed by atoms with Gasteiger partial charge in [0.25, 0.3) is 0 Å². The van der Waals surface area contributed by atoms with Crippen LogP contribution in [0.2, 0.25) is 0 Å². The maximum atomic E-state index is 5.52. The number of hydrogen-bond donors (Lipinski definition) is 0. The Balaban J connectivity index is 2.99. The Morgan fingerprint density at radius 3 is 1.74 bits per heavy atom. The summed E-state index contributed by atoms with van der Waals surface area (Å²) >= 11 is 3.67. The Kier molecular flexibility index (Phi) is 16.7. The molecule has 0 rings (SSSR count). The fourth-order valence-corrected chi connectivity index (χ4v) is 2.43. The number of halogens is 1. The van der Waals surface area contributed by atoms with E-state index in [0.29, 0.717) is 31.3 Å². The number of ether oxygens (including phenoxy) is 3. The molecule has 0 bridgehead atoms. The standard InChI is InChI=1S/C15H31BrO3/c1-3-5-9-17-11-13-19-14-12-18-10-6-8-15(16)7-4-2/h15H,3-14H2,1-2H3. The van der Waals surface area contributed by atoms with Crippen LogP contribution in [0.4, 0.5) is 0 Å². The molecule has 0 N–H and O–H groups in total. The lowest BCUT2D eigenvalue weighted by atomic mass is 10.2. The molecule has 0 aromatic rings. The normalized spacial score (nSPS) is 12.8. The molecule has 0 aliphatic carbocycles. The van der Waals surface area contributed by atoms with Crippen molar-refractivity contribution in [2.75, 3.05) is 39.6 Å². The van der Waals surface area contributed by atoms with E-state index in [-0.39, 0.29) is 0 Å². The third kappa shape index (κ3) is 16.3. The van der Waals surface area contributed by atoms with E-state index in [2.05, 4.69) is 29.8 Å². The highest BCUT2D eigenvalue weighted by Gasteiger charge is 2.01. The van der Waals surface area contributed by atoms with Crippen molar-refractivity contribution >= 4 is 15.9 Å². The average Bonchev–Trinajstić information content (AvgIpc) is 2.40. The van der Waals surface area contributed by atoms with Gasteiger partial charge >= 0.3 is 0 Å². The Hall–Kier alpha value is 0.360. The second-order valence-corrected chi connectivity index (χ2v) is 6.01. The van der Waals surface area contributed by atoms with E-state index in [9.17, 15) is 0 Å². The van der Waals surface area contributed by atoms with Gasteiger partial charge in [-0.2, -0.15) is 0 Å². The highest BCUT2D eigenvalue weighted by atomic mass is 79.9. The van der Waals surface area contributed by atoms with Gasteiger partial charge in [0, 0.05) is 18.0 Å². The van der Waals surface area contributed by atoms with E-state index >= 15 is 0 Å². The smallest absolute Gasteiger partial charge is 0.0701 e. The molecule has 0 aliphatic heterocycles. The van der Waals surface area contributed by atoms with E-state index in [1.54, 1.807) is 0 Å². The van der Waals surface area contributed by atoms with Gasteiger partial charge in [0.1, 0.15) is 0 Å². The van der Waals surface area contributed by atoms with Crippen LogP contribution >= 0.6 is 15.9 Å². The maximum absolute atomic E-state index is 5.52. The van der Waals surface area contributed by atoms with Gasteiger partial charge in [-0.25, -0.2) is 0 Å². The summed E-state index contributed by atoms with van der Waals surface area (Å²) in [5, 5.41) is 0. The highest BCUT2D eigenvalue weighted by Crippen LogP contribution is 2.13. The van der Waals surface area contributed by atoms with Crippen molar-refractivity contribution in [2.45, 2.75) is 57.2 Å². The molecule has 0 aliphatic rings. The second-order valence-electron chi connectivity index (χ2n) is 4.72. The molecular weight excluding hydrogens is 308 g/mol. The minimum Gasteiger partial charge on any atom is -0.379 e. The predicted molar refractivity (Wildman–Crippen MR) is 84.2 cm³/mol. The van der Waals surface area contributed by atoms with Crippen molar-refractivity contribution in [2.24, 2.45) is 0 Å². The van der Waals surface area contributed by atoms with Gasteiger partial charge in [0.15, 0.2) is 0 Å². The third-order valence-electron chi connectivity index (χ3n) is 2.79. The van der Waals surface area contributed by atoms with Crippen LogP contribution in [0.25, 0.3) is 0 Å². The topological polar surface area (TPSA) is 27.7 Å². The van der Waals surface area contributed by atoms with Gasteiger partial charge in [0.2, 0.25) is 0 Å². The summed E-state index contributed by atoms with van der Waals surface area (Å²) in [4.78, 5) is 0.651. The lowest BCUT2D eigenvalue weighted by molar-refractivity contribution is 0.0135. The van der Waals surface area contributed by atoms with Crippen molar-refractivity contribution in [3.8, 4) is 0 Å². The van der Waals surface area contributed by atoms with E-state index in [0.717, 1.165) is 26.1 Å². The average molecular weight is 339 g/mol. The highest BCUT2D eigenvalue weighted by molar-refractivity contribution is 9.09. The number of hydrogen-bond acceptors (Lipinski definition) is 3. The first kappa shape index (κ1) is 19.4. The van der Waals surface area contributed by atoms with Gasteiger partial charge in [-0.3, -0.25) is 0 Å². The SMILES string of the molecule is CCCCOCCOCCOCCCC(Br)CCC. The maximum Gasteiger partial charge on any atom is 0.0701 e. The fraction of sp³-hybridized carbons (Fsp3) is 1.00. The number of unbranched alkanes of at least 4 members (excludes halogenated alkanes) is 1. The summed E-state index contributed by atoms with van der Waals surface area (Å²) < 4.78 is 16.3. The Bertz CT molecular complexity index is 167. The zero-order chi connectivity index (χ0) is 14.2. The summed E-state index contributed by atoms with van der Waals surface area (Å²) in [6, 6.07) is 0. The lowest BCUT2D eigenvalue weighted by Crippen LogP contribution is -2.10. The van der Waals surface area contributed by atoms with Crippen molar-refractivity contribution in [1.82, 2.24) is 0 Å². The van der Waals surface area contributed by atoms with Crippen LogP contribution in [0.5, 0.6) is 0 Å². The summed E-state index contributed by atoms with van der Waals surface area (Å²) in [6.45, 7) is 8.80. The molecule has 3 nitrogen and oxygen atoms in total. The van der Waals surface area contributed by atoms with Crippen LogP contribution < -0.4 is 0 Å². The van der Waals surface area contributed by atoms with Crippen LogP contribution in [-0.4, -0.2) is 44.5 Å². The molecule has 0 fully saturated rings. The minimum atomic E-state index is 0.651. The second kappa shape index (κ2) is 16.4. The molecule has 0 amide bonds. The van der Waals surface area contributed by atoms with E-state index in [1.165, 1.54) is 25.7 Å². The molecule has 0 spiro atoms. The van der Waals surface area contributed by atoms with Gasteiger partial charge in [-0.15, -0.1) is 0 Å². The largest absolute Gasteiger partial charge is 0.379 e. The molecular formula is C15H31BrO3. The minimum absolute atomic E-state index is 0.651. The first-order valence-corrected chi connectivity index (χ1v) is 8.60. The van der Waals surface area contributed by atoms with Crippen LogP contribution in [0.3, 0.4) is 0 Å². The van der Waals surface area contributed by atoms with Crippen LogP contribution in [0.15, 0.2) is 0 Å². The zero-order valence-electron chi connectivity index (χ0n) is 12.7. The first-order chi connectivity index (χ1) is 9.31. The summed E-state index contributed by atoms with van der Waals surface area (Å²) in [5.74, 6) is 0. The molecule has 0 saturated carbocycles. The molecule has 19 heavy (non-hydrogen) atoms. The molecule has 0 aromatic heterocycles. The monoisotopic (exact) mass is 338 g/mol. The van der Waals surface area contributed by atoms with Gasteiger partial charge in [-0.1, -0.05) is 42.6 Å².